The van der Waals surface area contributed by atoms with Crippen molar-refractivity contribution >= 4 is 11.5 Å². The minimum atomic E-state index is 0.858. The van der Waals surface area contributed by atoms with Crippen LogP contribution in [0, 0.1) is 0 Å². The van der Waals surface area contributed by atoms with Gasteiger partial charge >= 0.3 is 0 Å². The van der Waals surface area contributed by atoms with Crippen LogP contribution < -0.4 is 9.64 Å². The zero-order valence-corrected chi connectivity index (χ0v) is 13.6. The number of hydrazone groups is 1. The Morgan fingerprint density at radius 1 is 1.09 bits per heavy atom. The summed E-state index contributed by atoms with van der Waals surface area (Å²) in [4.78, 5) is 6.71. The lowest BCUT2D eigenvalue weighted by atomic mass is 10.1. The first-order valence-electron chi connectivity index (χ1n) is 7.87. The molecule has 1 aliphatic rings. The Labute approximate surface area is 137 Å². The van der Waals surface area contributed by atoms with Crippen LogP contribution in [0.5, 0.6) is 5.75 Å². The van der Waals surface area contributed by atoms with E-state index in [0.717, 1.165) is 49.0 Å². The number of piperazine rings is 1. The second-order valence-corrected chi connectivity index (χ2v) is 5.55. The molecule has 1 saturated heterocycles. The number of pyridine rings is 1. The molecule has 2 heterocycles. The molecule has 23 heavy (non-hydrogen) atoms. The van der Waals surface area contributed by atoms with Gasteiger partial charge in [0.1, 0.15) is 11.6 Å². The van der Waals surface area contributed by atoms with Crippen molar-refractivity contribution in [3.05, 3.63) is 54.2 Å². The number of aromatic nitrogens is 1. The predicted molar refractivity (Wildman–Crippen MR) is 93.2 cm³/mol. The highest BCUT2D eigenvalue weighted by atomic mass is 16.5. The summed E-state index contributed by atoms with van der Waals surface area (Å²) >= 11 is 0. The van der Waals surface area contributed by atoms with E-state index in [4.69, 9.17) is 9.84 Å². The van der Waals surface area contributed by atoms with Gasteiger partial charge in [0, 0.05) is 24.8 Å². The minimum absolute atomic E-state index is 0.858. The van der Waals surface area contributed by atoms with Crippen molar-refractivity contribution in [2.45, 2.75) is 6.92 Å². The highest BCUT2D eigenvalue weighted by Gasteiger charge is 2.16. The molecule has 1 aromatic heterocycles. The molecule has 120 valence electrons. The average molecular weight is 310 g/mol. The zero-order valence-electron chi connectivity index (χ0n) is 13.6. The van der Waals surface area contributed by atoms with Gasteiger partial charge in [0.15, 0.2) is 0 Å². The van der Waals surface area contributed by atoms with Crippen LogP contribution in [-0.4, -0.2) is 49.0 Å². The van der Waals surface area contributed by atoms with Crippen LogP contribution in [0.3, 0.4) is 0 Å². The SMILES string of the molecule is COc1cccc(C(C)=NN2CCN(c3ccccn3)CC2)c1. The van der Waals surface area contributed by atoms with Crippen LogP contribution in [0.25, 0.3) is 0 Å². The molecule has 3 rings (SSSR count). The van der Waals surface area contributed by atoms with Crippen molar-refractivity contribution < 1.29 is 4.74 Å². The van der Waals surface area contributed by atoms with E-state index in [0.29, 0.717) is 0 Å². The molecule has 0 atom stereocenters. The average Bonchev–Trinajstić information content (AvgIpc) is 2.63. The Morgan fingerprint density at radius 2 is 1.91 bits per heavy atom. The van der Waals surface area contributed by atoms with E-state index in [2.05, 4.69) is 27.0 Å². The molecule has 0 aliphatic carbocycles. The molecular weight excluding hydrogens is 288 g/mol. The monoisotopic (exact) mass is 310 g/mol. The second-order valence-electron chi connectivity index (χ2n) is 5.55. The van der Waals surface area contributed by atoms with Crippen LogP contribution in [0.2, 0.25) is 0 Å². The van der Waals surface area contributed by atoms with Crippen molar-refractivity contribution in [2.24, 2.45) is 5.10 Å². The lowest BCUT2D eigenvalue weighted by Crippen LogP contribution is -2.44. The lowest BCUT2D eigenvalue weighted by molar-refractivity contribution is 0.270. The number of methoxy groups -OCH3 is 1. The molecule has 2 aromatic rings. The van der Waals surface area contributed by atoms with Crippen molar-refractivity contribution in [2.75, 3.05) is 38.2 Å². The highest BCUT2D eigenvalue weighted by molar-refractivity contribution is 5.98. The summed E-state index contributed by atoms with van der Waals surface area (Å²) in [6.07, 6.45) is 1.84. The quantitative estimate of drug-likeness (QED) is 0.814. The van der Waals surface area contributed by atoms with Gasteiger partial charge in [-0.2, -0.15) is 5.10 Å². The lowest BCUT2D eigenvalue weighted by Gasteiger charge is -2.34. The van der Waals surface area contributed by atoms with E-state index >= 15 is 0 Å². The van der Waals surface area contributed by atoms with E-state index in [-0.39, 0.29) is 0 Å². The molecule has 5 nitrogen and oxygen atoms in total. The highest BCUT2D eigenvalue weighted by Crippen LogP contribution is 2.15. The predicted octanol–water partition coefficient (Wildman–Crippen LogP) is 2.64. The van der Waals surface area contributed by atoms with Gasteiger partial charge in [-0.15, -0.1) is 0 Å². The topological polar surface area (TPSA) is 41.0 Å². The fourth-order valence-electron chi connectivity index (χ4n) is 2.68. The number of rotatable bonds is 4. The summed E-state index contributed by atoms with van der Waals surface area (Å²) in [7, 11) is 1.68. The number of anilines is 1. The van der Waals surface area contributed by atoms with Gasteiger partial charge < -0.3 is 9.64 Å². The third-order valence-electron chi connectivity index (χ3n) is 4.01. The minimum Gasteiger partial charge on any atom is -0.497 e. The Bertz CT molecular complexity index is 664. The first-order chi connectivity index (χ1) is 11.3. The van der Waals surface area contributed by atoms with Crippen LogP contribution in [-0.2, 0) is 0 Å². The molecule has 0 unspecified atom stereocenters. The molecule has 1 aromatic carbocycles. The first kappa shape index (κ1) is 15.3. The summed E-state index contributed by atoms with van der Waals surface area (Å²) in [5, 5.41) is 6.89. The van der Waals surface area contributed by atoms with E-state index < -0.39 is 0 Å². The standard InChI is InChI=1S/C18H22N4O/c1-15(16-6-5-7-17(14-16)23-2)20-22-12-10-21(11-13-22)18-8-3-4-9-19-18/h3-9,14H,10-13H2,1-2H3. The normalized spacial score (nSPS) is 15.7. The largest absolute Gasteiger partial charge is 0.497 e. The van der Waals surface area contributed by atoms with Crippen molar-refractivity contribution in [3.63, 3.8) is 0 Å². The molecule has 0 saturated carbocycles. The van der Waals surface area contributed by atoms with E-state index in [1.165, 1.54) is 0 Å². The number of benzene rings is 1. The fourth-order valence-corrected chi connectivity index (χ4v) is 2.68. The summed E-state index contributed by atoms with van der Waals surface area (Å²) in [5.41, 5.74) is 2.10. The molecule has 0 bridgehead atoms. The number of ether oxygens (including phenoxy) is 1. The van der Waals surface area contributed by atoms with Gasteiger partial charge in [-0.3, -0.25) is 5.01 Å². The Morgan fingerprint density at radius 3 is 2.61 bits per heavy atom. The molecule has 1 aliphatic heterocycles. The molecule has 0 radical (unpaired) electrons. The maximum absolute atomic E-state index is 5.28. The van der Waals surface area contributed by atoms with Gasteiger partial charge in [0.25, 0.3) is 0 Å². The zero-order chi connectivity index (χ0) is 16.1. The van der Waals surface area contributed by atoms with Crippen LogP contribution in [0.4, 0.5) is 5.82 Å². The molecule has 0 spiro atoms. The van der Waals surface area contributed by atoms with Gasteiger partial charge in [-0.25, -0.2) is 4.98 Å². The van der Waals surface area contributed by atoms with E-state index in [9.17, 15) is 0 Å². The maximum atomic E-state index is 5.28. The summed E-state index contributed by atoms with van der Waals surface area (Å²) in [6.45, 7) is 5.72. The Kier molecular flexibility index (Phi) is 4.76. The smallest absolute Gasteiger partial charge is 0.128 e. The van der Waals surface area contributed by atoms with E-state index in [1.54, 1.807) is 7.11 Å². The van der Waals surface area contributed by atoms with Crippen molar-refractivity contribution in [3.8, 4) is 5.75 Å². The third-order valence-corrected chi connectivity index (χ3v) is 4.01. The van der Waals surface area contributed by atoms with Crippen LogP contribution in [0.15, 0.2) is 53.8 Å². The second kappa shape index (κ2) is 7.13. The van der Waals surface area contributed by atoms with E-state index in [1.807, 2.05) is 43.5 Å². The number of hydrogen-bond donors (Lipinski definition) is 0. The Balaban J connectivity index is 1.63. The van der Waals surface area contributed by atoms with Crippen molar-refractivity contribution in [1.82, 2.24) is 9.99 Å². The van der Waals surface area contributed by atoms with Gasteiger partial charge in [-0.05, 0) is 31.2 Å². The summed E-state index contributed by atoms with van der Waals surface area (Å²) < 4.78 is 5.28. The number of nitrogens with zero attached hydrogens (tertiary/aromatic N) is 4. The Hall–Kier alpha value is -2.56. The van der Waals surface area contributed by atoms with Gasteiger partial charge in [0.2, 0.25) is 0 Å². The van der Waals surface area contributed by atoms with Crippen molar-refractivity contribution in [1.29, 1.82) is 0 Å². The van der Waals surface area contributed by atoms with Gasteiger partial charge in [-0.1, -0.05) is 18.2 Å². The summed E-state index contributed by atoms with van der Waals surface area (Å²) in [5.74, 6) is 1.90. The van der Waals surface area contributed by atoms with Crippen LogP contribution in [0.1, 0.15) is 12.5 Å². The van der Waals surface area contributed by atoms with Gasteiger partial charge in [0.05, 0.1) is 25.9 Å². The maximum Gasteiger partial charge on any atom is 0.128 e. The molecule has 1 fully saturated rings. The fraction of sp³-hybridized carbons (Fsp3) is 0.333. The molecule has 0 amide bonds. The molecule has 5 heteroatoms. The first-order valence-corrected chi connectivity index (χ1v) is 7.87. The molecular formula is C18H22N4O. The number of hydrogen-bond acceptors (Lipinski definition) is 5. The summed E-state index contributed by atoms with van der Waals surface area (Å²) in [6, 6.07) is 14.0. The van der Waals surface area contributed by atoms with Crippen LogP contribution >= 0.6 is 0 Å². The molecule has 0 N–H and O–H groups in total. The third kappa shape index (κ3) is 3.80.